The van der Waals surface area contributed by atoms with E-state index in [1.54, 1.807) is 56.7 Å². The summed E-state index contributed by atoms with van der Waals surface area (Å²) in [5, 5.41) is 3.15. The van der Waals surface area contributed by atoms with Crippen molar-refractivity contribution in [3.63, 3.8) is 0 Å². The number of carbonyl (C=O) groups is 1. The number of hydrogen-bond acceptors (Lipinski definition) is 12. The second-order valence-electron chi connectivity index (χ2n) is 11.0. The van der Waals surface area contributed by atoms with E-state index in [9.17, 15) is 4.79 Å². The predicted molar refractivity (Wildman–Crippen MR) is 183 cm³/mol. The molecule has 1 aromatic heterocycles. The van der Waals surface area contributed by atoms with E-state index in [-0.39, 0.29) is 11.8 Å². The largest absolute Gasteiger partial charge is 0.497 e. The van der Waals surface area contributed by atoms with Gasteiger partial charge in [0.15, 0.2) is 11.5 Å². The number of nitrogens with zero attached hydrogens (tertiary/aromatic N) is 5. The van der Waals surface area contributed by atoms with Gasteiger partial charge in [-0.05, 0) is 49.9 Å². The quantitative estimate of drug-likeness (QED) is 0.170. The topological polar surface area (TPSA) is 120 Å². The highest BCUT2D eigenvalue weighted by molar-refractivity contribution is 6.00. The van der Waals surface area contributed by atoms with Gasteiger partial charge in [0.25, 0.3) is 0 Å². The van der Waals surface area contributed by atoms with Gasteiger partial charge in [-0.3, -0.25) is 0 Å². The molecule has 1 saturated heterocycles. The van der Waals surface area contributed by atoms with Crippen LogP contribution in [0, 0.1) is 0 Å². The highest BCUT2D eigenvalue weighted by atomic mass is 16.6. The Kier molecular flexibility index (Phi) is 11.7. The zero-order valence-electron chi connectivity index (χ0n) is 28.0. The van der Waals surface area contributed by atoms with Crippen molar-refractivity contribution >= 4 is 29.1 Å². The summed E-state index contributed by atoms with van der Waals surface area (Å²) in [6, 6.07) is 19.2. The molecule has 2 heterocycles. The van der Waals surface area contributed by atoms with Crippen molar-refractivity contribution < 1.29 is 33.2 Å². The van der Waals surface area contributed by atoms with E-state index in [2.05, 4.69) is 32.1 Å². The van der Waals surface area contributed by atoms with Crippen LogP contribution in [0.3, 0.4) is 0 Å². The number of aromatic nitrogens is 2. The molecule has 1 amide bonds. The molecule has 254 valence electrons. The lowest BCUT2D eigenvalue weighted by atomic mass is 10.2. The number of benzene rings is 3. The van der Waals surface area contributed by atoms with Crippen molar-refractivity contribution in [3.05, 3.63) is 72.9 Å². The maximum atomic E-state index is 13.9. The standard InChI is InChI=1S/C35H42N6O7/c1-39-18-20-40(21-19-39)17-8-22-47-30-14-11-25(23-32(30)46-5)37-34-36-16-15-33(38-34)48-35(42)41(27-9-6-7-10-29(27)44-3)28-13-12-26(43-2)24-31(28)45-4/h6-7,9-16,23-24H,8,17-22H2,1-5H3,(H,36,37,38). The fraction of sp³-hybridized carbons (Fsp3) is 0.343. The third-order valence-corrected chi connectivity index (χ3v) is 7.85. The number of anilines is 4. The number of hydrogen-bond donors (Lipinski definition) is 1. The van der Waals surface area contributed by atoms with E-state index in [4.69, 9.17) is 28.4 Å². The summed E-state index contributed by atoms with van der Waals surface area (Å²) in [6.45, 7) is 5.94. The van der Waals surface area contributed by atoms with Crippen molar-refractivity contribution in [1.82, 2.24) is 19.8 Å². The minimum absolute atomic E-state index is 0.0251. The van der Waals surface area contributed by atoms with Crippen LogP contribution in [-0.2, 0) is 0 Å². The van der Waals surface area contributed by atoms with E-state index in [1.807, 2.05) is 18.2 Å². The Labute approximate surface area is 280 Å². The van der Waals surface area contributed by atoms with Crippen LogP contribution < -0.4 is 38.6 Å². The van der Waals surface area contributed by atoms with Crippen LogP contribution in [0.15, 0.2) is 72.9 Å². The molecule has 4 aromatic rings. The Morgan fingerprint density at radius 2 is 1.56 bits per heavy atom. The van der Waals surface area contributed by atoms with Crippen molar-refractivity contribution in [3.8, 4) is 34.6 Å². The lowest BCUT2D eigenvalue weighted by molar-refractivity contribution is 0.145. The van der Waals surface area contributed by atoms with Gasteiger partial charge >= 0.3 is 6.09 Å². The van der Waals surface area contributed by atoms with Crippen LogP contribution in [-0.4, -0.2) is 101 Å². The molecule has 0 saturated carbocycles. The molecule has 13 nitrogen and oxygen atoms in total. The second-order valence-corrected chi connectivity index (χ2v) is 11.0. The number of rotatable bonds is 14. The first kappa shape index (κ1) is 34.1. The van der Waals surface area contributed by atoms with Gasteiger partial charge in [0.2, 0.25) is 11.8 Å². The van der Waals surface area contributed by atoms with E-state index in [0.717, 1.165) is 39.1 Å². The summed E-state index contributed by atoms with van der Waals surface area (Å²) in [5.41, 5.74) is 1.52. The molecule has 3 aromatic carbocycles. The number of para-hydroxylation sites is 2. The zero-order valence-corrected chi connectivity index (χ0v) is 28.0. The zero-order chi connectivity index (χ0) is 33.9. The van der Waals surface area contributed by atoms with E-state index in [0.29, 0.717) is 52.4 Å². The van der Waals surface area contributed by atoms with Gasteiger partial charge in [-0.1, -0.05) is 12.1 Å². The molecule has 13 heteroatoms. The molecule has 0 unspecified atom stereocenters. The number of piperazine rings is 1. The van der Waals surface area contributed by atoms with Gasteiger partial charge in [-0.25, -0.2) is 14.7 Å². The summed E-state index contributed by atoms with van der Waals surface area (Å²) >= 11 is 0. The minimum atomic E-state index is -0.747. The van der Waals surface area contributed by atoms with Crippen molar-refractivity contribution in [2.45, 2.75) is 6.42 Å². The third kappa shape index (κ3) is 8.55. The molecular formula is C35H42N6O7. The van der Waals surface area contributed by atoms with Crippen LogP contribution in [0.5, 0.6) is 34.6 Å². The SMILES string of the molecule is COc1ccc(N(C(=O)Oc2ccnc(Nc3ccc(OCCCN4CCN(C)CC4)c(OC)c3)n2)c2ccccc2OC)c(OC)c1. The van der Waals surface area contributed by atoms with Crippen LogP contribution in [0.1, 0.15) is 6.42 Å². The molecule has 1 aliphatic rings. The Morgan fingerprint density at radius 3 is 2.31 bits per heavy atom. The Bertz CT molecular complexity index is 1660. The first-order valence-electron chi connectivity index (χ1n) is 15.6. The number of nitrogens with one attached hydrogen (secondary N) is 1. The van der Waals surface area contributed by atoms with E-state index >= 15 is 0 Å². The summed E-state index contributed by atoms with van der Waals surface area (Å²) in [5.74, 6) is 2.87. The summed E-state index contributed by atoms with van der Waals surface area (Å²) < 4.78 is 33.9. The highest BCUT2D eigenvalue weighted by Gasteiger charge is 2.27. The van der Waals surface area contributed by atoms with Crippen molar-refractivity contribution in [1.29, 1.82) is 0 Å². The molecule has 0 spiro atoms. The molecule has 48 heavy (non-hydrogen) atoms. The monoisotopic (exact) mass is 658 g/mol. The molecule has 1 fully saturated rings. The van der Waals surface area contributed by atoms with Crippen LogP contribution in [0.2, 0.25) is 0 Å². The van der Waals surface area contributed by atoms with Gasteiger partial charge in [-0.2, -0.15) is 4.98 Å². The molecule has 0 aliphatic carbocycles. The third-order valence-electron chi connectivity index (χ3n) is 7.85. The van der Waals surface area contributed by atoms with Crippen molar-refractivity contribution in [2.24, 2.45) is 0 Å². The molecular weight excluding hydrogens is 616 g/mol. The Balaban J connectivity index is 1.28. The molecule has 1 aliphatic heterocycles. The number of methoxy groups -OCH3 is 4. The second kappa shape index (κ2) is 16.5. The maximum Gasteiger partial charge on any atom is 0.426 e. The molecule has 0 bridgehead atoms. The van der Waals surface area contributed by atoms with E-state index < -0.39 is 6.09 Å². The Hall–Kier alpha value is -5.27. The number of carbonyl (C=O) groups excluding carboxylic acids is 1. The molecule has 1 N–H and O–H groups in total. The van der Waals surface area contributed by atoms with Gasteiger partial charge in [0, 0.05) is 62.8 Å². The van der Waals surface area contributed by atoms with Gasteiger partial charge < -0.3 is 43.5 Å². The van der Waals surface area contributed by atoms with Gasteiger partial charge in [0.1, 0.15) is 17.2 Å². The number of ether oxygens (including phenoxy) is 6. The normalized spacial score (nSPS) is 13.4. The first-order valence-corrected chi connectivity index (χ1v) is 15.6. The lowest BCUT2D eigenvalue weighted by Gasteiger charge is -2.32. The lowest BCUT2D eigenvalue weighted by Crippen LogP contribution is -2.44. The molecule has 0 atom stereocenters. The van der Waals surface area contributed by atoms with Crippen LogP contribution in [0.25, 0.3) is 0 Å². The maximum absolute atomic E-state index is 13.9. The number of amides is 1. The summed E-state index contributed by atoms with van der Waals surface area (Å²) in [4.78, 5) is 28.7. The highest BCUT2D eigenvalue weighted by Crippen LogP contribution is 2.41. The van der Waals surface area contributed by atoms with Gasteiger partial charge in [0.05, 0.1) is 46.4 Å². The average molecular weight is 659 g/mol. The smallest absolute Gasteiger partial charge is 0.426 e. The molecule has 0 radical (unpaired) electrons. The van der Waals surface area contributed by atoms with Gasteiger partial charge in [-0.15, -0.1) is 0 Å². The Morgan fingerprint density at radius 1 is 0.812 bits per heavy atom. The summed E-state index contributed by atoms with van der Waals surface area (Å²) in [7, 11) is 8.34. The van der Waals surface area contributed by atoms with Crippen LogP contribution in [0.4, 0.5) is 27.8 Å². The fourth-order valence-corrected chi connectivity index (χ4v) is 5.24. The van der Waals surface area contributed by atoms with E-state index in [1.165, 1.54) is 31.4 Å². The number of likely N-dealkylation sites (N-methyl/N-ethyl adjacent to an activating group) is 1. The fourth-order valence-electron chi connectivity index (χ4n) is 5.24. The molecule has 5 rings (SSSR count). The first-order chi connectivity index (χ1) is 23.4. The summed E-state index contributed by atoms with van der Waals surface area (Å²) in [6.07, 6.45) is 1.67. The average Bonchev–Trinajstić information content (AvgIpc) is 3.11. The van der Waals surface area contributed by atoms with Crippen molar-refractivity contribution in [2.75, 3.05) is 85.0 Å². The van der Waals surface area contributed by atoms with Crippen LogP contribution >= 0.6 is 0 Å². The predicted octanol–water partition coefficient (Wildman–Crippen LogP) is 5.61. The minimum Gasteiger partial charge on any atom is -0.497 e.